The third-order valence-electron chi connectivity index (χ3n) is 13.0. The molecule has 10 aromatic rings. The van der Waals surface area contributed by atoms with Crippen molar-refractivity contribution in [2.75, 3.05) is 9.80 Å². The highest BCUT2D eigenvalue weighted by Crippen LogP contribution is 2.58. The highest BCUT2D eigenvalue weighted by atomic mass is 16.5. The van der Waals surface area contributed by atoms with Crippen LogP contribution in [-0.4, -0.2) is 0 Å². The molecule has 1 atom stereocenters. The largest absolute Gasteiger partial charge is 0.450 e. The van der Waals surface area contributed by atoms with Gasteiger partial charge in [0.1, 0.15) is 0 Å². The van der Waals surface area contributed by atoms with Gasteiger partial charge in [0.25, 0.3) is 0 Å². The number of hydrogen-bond donors (Lipinski definition) is 0. The molecule has 2 aliphatic rings. The van der Waals surface area contributed by atoms with Crippen LogP contribution >= 0.6 is 0 Å². The highest BCUT2D eigenvalue weighted by molar-refractivity contribution is 5.98. The van der Waals surface area contributed by atoms with Gasteiger partial charge in [-0.25, -0.2) is 0 Å². The van der Waals surface area contributed by atoms with Crippen molar-refractivity contribution < 1.29 is 4.74 Å². The lowest BCUT2D eigenvalue weighted by molar-refractivity contribution is 0.501. The molecular formula is C62H44N2O. The third-order valence-corrected chi connectivity index (χ3v) is 13.0. The first-order valence-corrected chi connectivity index (χ1v) is 22.4. The van der Waals surface area contributed by atoms with Crippen LogP contribution < -0.4 is 14.5 Å². The van der Waals surface area contributed by atoms with E-state index in [1.807, 2.05) is 0 Å². The zero-order valence-electron chi connectivity index (χ0n) is 35.8. The molecule has 3 heteroatoms. The Morgan fingerprint density at radius 2 is 0.938 bits per heavy atom. The summed E-state index contributed by atoms with van der Waals surface area (Å²) in [6.45, 7) is 0. The van der Waals surface area contributed by atoms with Crippen LogP contribution in [0.3, 0.4) is 0 Å². The van der Waals surface area contributed by atoms with Crippen molar-refractivity contribution in [1.82, 2.24) is 0 Å². The molecule has 0 saturated carbocycles. The van der Waals surface area contributed by atoms with Crippen LogP contribution in [0.15, 0.2) is 254 Å². The lowest BCUT2D eigenvalue weighted by atomic mass is 9.91. The van der Waals surface area contributed by atoms with Crippen LogP contribution in [0, 0.1) is 0 Å². The third kappa shape index (κ3) is 6.95. The van der Waals surface area contributed by atoms with E-state index in [1.54, 1.807) is 0 Å². The topological polar surface area (TPSA) is 15.7 Å². The van der Waals surface area contributed by atoms with Gasteiger partial charge in [-0.2, -0.15) is 0 Å². The minimum atomic E-state index is 0.0904. The molecule has 10 aromatic carbocycles. The predicted octanol–water partition coefficient (Wildman–Crippen LogP) is 16.5. The second-order valence-corrected chi connectivity index (χ2v) is 16.8. The summed E-state index contributed by atoms with van der Waals surface area (Å²) < 4.78 is 7.44. The van der Waals surface area contributed by atoms with E-state index in [1.165, 1.54) is 55.4 Å². The first-order valence-electron chi connectivity index (χ1n) is 22.4. The van der Waals surface area contributed by atoms with Crippen LogP contribution in [0.2, 0.25) is 0 Å². The second kappa shape index (κ2) is 16.4. The number of benzene rings is 10. The number of ether oxygens (including phenoxy) is 1. The lowest BCUT2D eigenvalue weighted by Crippen LogP contribution is -2.26. The molecule has 0 amide bonds. The molecule has 1 unspecified atom stereocenters. The van der Waals surface area contributed by atoms with Crippen molar-refractivity contribution in [3.05, 3.63) is 271 Å². The number of nitrogens with zero attached hydrogens (tertiary/aromatic N) is 2. The summed E-state index contributed by atoms with van der Waals surface area (Å²) in [5.41, 5.74) is 17.1. The molecule has 1 heterocycles. The normalized spacial score (nSPS) is 13.8. The predicted molar refractivity (Wildman–Crippen MR) is 270 cm³/mol. The summed E-state index contributed by atoms with van der Waals surface area (Å²) in [6.07, 6.45) is 0.856. The Labute approximate surface area is 380 Å². The Bertz CT molecular complexity index is 3340. The molecule has 1 aliphatic carbocycles. The molecule has 0 bridgehead atoms. The number of allylic oxidation sites excluding steroid dienone is 1. The summed E-state index contributed by atoms with van der Waals surface area (Å²) in [5, 5.41) is 2.47. The fraction of sp³-hybridized carbons (Fsp3) is 0.0323. The molecule has 1 aliphatic heterocycles. The van der Waals surface area contributed by atoms with Crippen LogP contribution in [-0.2, 0) is 6.42 Å². The SMILES string of the molecule is c1ccc(CC2C3=C(Oc4c(cccc4N(c4ccc(-c5ccc(-c6ccccc6)cc5)cc4)c4ccc(-c5cccc6ccccc56)cc4)N3c3ccccc3)c3ccccc32)cc1. The maximum absolute atomic E-state index is 7.44. The smallest absolute Gasteiger partial charge is 0.175 e. The summed E-state index contributed by atoms with van der Waals surface area (Å²) in [7, 11) is 0. The van der Waals surface area contributed by atoms with E-state index in [0.717, 1.165) is 57.5 Å². The molecule has 308 valence electrons. The van der Waals surface area contributed by atoms with Gasteiger partial charge in [0.15, 0.2) is 11.5 Å². The maximum atomic E-state index is 7.44. The fourth-order valence-corrected chi connectivity index (χ4v) is 9.91. The average Bonchev–Trinajstić information content (AvgIpc) is 3.69. The average molecular weight is 833 g/mol. The Morgan fingerprint density at radius 1 is 0.415 bits per heavy atom. The van der Waals surface area contributed by atoms with Gasteiger partial charge in [-0.05, 0) is 110 Å². The summed E-state index contributed by atoms with van der Waals surface area (Å²) >= 11 is 0. The van der Waals surface area contributed by atoms with Crippen molar-refractivity contribution in [3.8, 4) is 39.1 Å². The number of hydrogen-bond acceptors (Lipinski definition) is 3. The summed E-state index contributed by atoms with van der Waals surface area (Å²) in [5.74, 6) is 1.81. The van der Waals surface area contributed by atoms with Crippen molar-refractivity contribution in [3.63, 3.8) is 0 Å². The molecule has 65 heavy (non-hydrogen) atoms. The second-order valence-electron chi connectivity index (χ2n) is 16.8. The van der Waals surface area contributed by atoms with Crippen molar-refractivity contribution in [1.29, 1.82) is 0 Å². The number of anilines is 5. The Kier molecular flexibility index (Phi) is 9.65. The van der Waals surface area contributed by atoms with Crippen molar-refractivity contribution >= 4 is 45.0 Å². The van der Waals surface area contributed by atoms with Crippen LogP contribution in [0.25, 0.3) is 49.9 Å². The molecule has 0 spiro atoms. The van der Waals surface area contributed by atoms with E-state index in [2.05, 4.69) is 259 Å². The molecule has 0 aromatic heterocycles. The van der Waals surface area contributed by atoms with E-state index in [4.69, 9.17) is 4.74 Å². The van der Waals surface area contributed by atoms with E-state index in [9.17, 15) is 0 Å². The van der Waals surface area contributed by atoms with Gasteiger partial charge in [0.2, 0.25) is 0 Å². The monoisotopic (exact) mass is 832 g/mol. The molecule has 12 rings (SSSR count). The van der Waals surface area contributed by atoms with Gasteiger partial charge in [0.05, 0.1) is 17.1 Å². The molecule has 3 nitrogen and oxygen atoms in total. The van der Waals surface area contributed by atoms with Gasteiger partial charge in [-0.15, -0.1) is 0 Å². The maximum Gasteiger partial charge on any atom is 0.175 e. The molecular weight excluding hydrogens is 789 g/mol. The van der Waals surface area contributed by atoms with E-state index in [0.29, 0.717) is 0 Å². The van der Waals surface area contributed by atoms with Gasteiger partial charge in [-0.1, -0.05) is 200 Å². The Balaban J connectivity index is 1.00. The minimum Gasteiger partial charge on any atom is -0.450 e. The fourth-order valence-electron chi connectivity index (χ4n) is 9.91. The molecule has 0 saturated heterocycles. The number of fused-ring (bicyclic) bond motifs is 4. The number of rotatable bonds is 9. The molecule has 0 fully saturated rings. The van der Waals surface area contributed by atoms with Gasteiger partial charge < -0.3 is 14.5 Å². The number of para-hydroxylation sites is 2. The van der Waals surface area contributed by atoms with Gasteiger partial charge in [0, 0.05) is 28.5 Å². The Hall–Kier alpha value is -8.40. The van der Waals surface area contributed by atoms with Crippen molar-refractivity contribution in [2.45, 2.75) is 12.3 Å². The first-order chi connectivity index (χ1) is 32.2. The zero-order valence-corrected chi connectivity index (χ0v) is 35.8. The highest BCUT2D eigenvalue weighted by Gasteiger charge is 2.42. The first kappa shape index (κ1) is 38.3. The summed E-state index contributed by atoms with van der Waals surface area (Å²) in [6, 6.07) is 89.5. The minimum absolute atomic E-state index is 0.0904. The van der Waals surface area contributed by atoms with E-state index in [-0.39, 0.29) is 5.92 Å². The zero-order chi connectivity index (χ0) is 43.1. The van der Waals surface area contributed by atoms with E-state index < -0.39 is 0 Å². The quantitative estimate of drug-likeness (QED) is 0.144. The van der Waals surface area contributed by atoms with Crippen molar-refractivity contribution in [2.24, 2.45) is 0 Å². The lowest BCUT2D eigenvalue weighted by Gasteiger charge is -2.38. The van der Waals surface area contributed by atoms with E-state index >= 15 is 0 Å². The van der Waals surface area contributed by atoms with Crippen LogP contribution in [0.5, 0.6) is 5.75 Å². The van der Waals surface area contributed by atoms with Gasteiger partial charge in [-0.3, -0.25) is 0 Å². The van der Waals surface area contributed by atoms with Crippen LogP contribution in [0.1, 0.15) is 22.6 Å². The Morgan fingerprint density at radius 3 is 1.65 bits per heavy atom. The van der Waals surface area contributed by atoms with Crippen LogP contribution in [0.4, 0.5) is 28.4 Å². The summed E-state index contributed by atoms with van der Waals surface area (Å²) in [4.78, 5) is 4.81. The standard InChI is InChI=1S/C62H44N2O/c1-4-16-43(17-5-1)42-57-55-25-12-13-26-56(55)61-60(57)64(50-22-8-3-9-23-50)59-29-15-28-58(62(59)65-61)63(52-40-36-49(37-41-52)54-27-14-21-48-20-10-11-24-53(48)54)51-38-34-47(35-39-51)46-32-30-45(31-33-46)44-18-6-2-7-19-44/h1-41,57H,42H2. The molecule has 0 N–H and O–H groups in total. The molecule has 0 radical (unpaired) electrons. The van der Waals surface area contributed by atoms with Gasteiger partial charge >= 0.3 is 0 Å².